The van der Waals surface area contributed by atoms with Gasteiger partial charge in [0, 0.05) is 44.6 Å². The van der Waals surface area contributed by atoms with Crippen LogP contribution in [0.2, 0.25) is 0 Å². The highest BCUT2D eigenvalue weighted by Gasteiger charge is 2.41. The first-order valence-corrected chi connectivity index (χ1v) is 17.5. The van der Waals surface area contributed by atoms with Crippen molar-refractivity contribution in [3.05, 3.63) is 58.7 Å². The molecule has 2 atom stereocenters. The zero-order chi connectivity index (χ0) is 36.2. The van der Waals surface area contributed by atoms with Crippen molar-refractivity contribution in [2.24, 2.45) is 5.41 Å². The molecular weight excluding hydrogens is 633 g/mol. The van der Waals surface area contributed by atoms with Gasteiger partial charge in [-0.05, 0) is 102 Å². The van der Waals surface area contributed by atoms with Gasteiger partial charge in [0.25, 0.3) is 5.91 Å². The largest absolute Gasteiger partial charge is 0.492 e. The van der Waals surface area contributed by atoms with Gasteiger partial charge in [-0.3, -0.25) is 9.59 Å². The van der Waals surface area contributed by atoms with Crippen LogP contribution in [0.5, 0.6) is 5.75 Å². The summed E-state index contributed by atoms with van der Waals surface area (Å²) in [6.07, 6.45) is 2.75. The first-order valence-electron chi connectivity index (χ1n) is 17.5. The monoisotopic (exact) mass is 686 g/mol. The van der Waals surface area contributed by atoms with Crippen molar-refractivity contribution in [2.75, 3.05) is 44.9 Å². The highest BCUT2D eigenvalue weighted by atomic mass is 19.4. The van der Waals surface area contributed by atoms with Crippen molar-refractivity contribution < 1.29 is 32.2 Å². The molecule has 0 aromatic heterocycles. The standard InChI is InChI=1S/C35H47F3N4O4.C3H6/c1-7-34(5,23-46-28-14-10-12-26(19-28)21-39)33(44)41(16-8-9-17-45-6)31-20-29(30(18-25(31)4)35(36,37)38)32(43)42(24(2)3)27-13-11-15-40-22-27;1-2-3-1/h10,12,14,18-20,24,27,40H,7-9,11,13,15-17,22-23H2,1-6H3;1-3H2. The number of carbonyl (C=O) groups is 2. The number of unbranched alkanes of at least 4 members (excludes halogenated alkanes) is 1. The van der Waals surface area contributed by atoms with Crippen LogP contribution >= 0.6 is 0 Å². The number of methoxy groups -OCH3 is 1. The molecular formula is C38H53F3N4O4. The number of hydrogen-bond acceptors (Lipinski definition) is 6. The van der Waals surface area contributed by atoms with Crippen LogP contribution in [0.4, 0.5) is 18.9 Å². The fraction of sp³-hybridized carbons (Fsp3) is 0.605. The molecule has 1 aliphatic heterocycles. The quantitative estimate of drug-likeness (QED) is 0.203. The Labute approximate surface area is 289 Å². The Morgan fingerprint density at radius 2 is 1.82 bits per heavy atom. The molecule has 2 aromatic carbocycles. The molecule has 4 rings (SSSR count). The van der Waals surface area contributed by atoms with E-state index in [2.05, 4.69) is 11.4 Å². The van der Waals surface area contributed by atoms with Gasteiger partial charge in [0.15, 0.2) is 0 Å². The van der Waals surface area contributed by atoms with Crippen LogP contribution < -0.4 is 15.0 Å². The van der Waals surface area contributed by atoms with E-state index < -0.39 is 28.6 Å². The molecule has 0 radical (unpaired) electrons. The number of hydrogen-bond donors (Lipinski definition) is 1. The summed E-state index contributed by atoms with van der Waals surface area (Å²) in [5.41, 5.74) is -1.64. The fourth-order valence-electron chi connectivity index (χ4n) is 5.82. The van der Waals surface area contributed by atoms with Crippen LogP contribution in [0.25, 0.3) is 0 Å². The lowest BCUT2D eigenvalue weighted by molar-refractivity contribution is -0.138. The molecule has 11 heteroatoms. The number of alkyl halides is 3. The van der Waals surface area contributed by atoms with Gasteiger partial charge >= 0.3 is 6.18 Å². The predicted molar refractivity (Wildman–Crippen MR) is 186 cm³/mol. The van der Waals surface area contributed by atoms with Gasteiger partial charge in [0.2, 0.25) is 5.91 Å². The SMILES string of the molecule is C1CC1.CCC(C)(COc1cccc(C#N)c1)C(=O)N(CCCCOC)c1cc(C(=O)N(C(C)C)C2CCCNC2)c(C(F)(F)F)cc1C. The molecule has 0 bridgehead atoms. The second kappa shape index (κ2) is 18.4. The van der Waals surface area contributed by atoms with Crippen LogP contribution in [-0.4, -0.2) is 68.8 Å². The fourth-order valence-corrected chi connectivity index (χ4v) is 5.82. The number of nitrogens with one attached hydrogen (secondary N) is 1. The molecule has 2 amide bonds. The van der Waals surface area contributed by atoms with E-state index in [1.807, 2.05) is 6.92 Å². The third-order valence-corrected chi connectivity index (χ3v) is 9.01. The third-order valence-electron chi connectivity index (χ3n) is 9.01. The Balaban J connectivity index is 0.00000205. The number of carbonyl (C=O) groups excluding carboxylic acids is 2. The molecule has 49 heavy (non-hydrogen) atoms. The van der Waals surface area contributed by atoms with Crippen molar-refractivity contribution >= 4 is 17.5 Å². The van der Waals surface area contributed by atoms with Gasteiger partial charge in [-0.1, -0.05) is 32.3 Å². The van der Waals surface area contributed by atoms with E-state index in [-0.39, 0.29) is 42.4 Å². The van der Waals surface area contributed by atoms with Gasteiger partial charge < -0.3 is 24.6 Å². The van der Waals surface area contributed by atoms with Crippen LogP contribution in [0, 0.1) is 23.7 Å². The van der Waals surface area contributed by atoms with Crippen LogP contribution in [0.15, 0.2) is 36.4 Å². The molecule has 8 nitrogen and oxygen atoms in total. The van der Waals surface area contributed by atoms with Crippen molar-refractivity contribution in [1.82, 2.24) is 10.2 Å². The van der Waals surface area contributed by atoms with Gasteiger partial charge in [0.05, 0.1) is 28.2 Å². The molecule has 2 aromatic rings. The maximum atomic E-state index is 14.5. The normalized spacial score (nSPS) is 16.9. The van der Waals surface area contributed by atoms with E-state index in [1.54, 1.807) is 57.0 Å². The number of halogens is 3. The van der Waals surface area contributed by atoms with E-state index in [9.17, 15) is 28.0 Å². The maximum absolute atomic E-state index is 14.5. The number of ether oxygens (including phenoxy) is 2. The molecule has 1 heterocycles. The summed E-state index contributed by atoms with van der Waals surface area (Å²) in [5, 5.41) is 12.5. The maximum Gasteiger partial charge on any atom is 0.417 e. The van der Waals surface area contributed by atoms with Crippen LogP contribution in [0.1, 0.15) is 106 Å². The van der Waals surface area contributed by atoms with E-state index in [1.165, 1.54) is 37.2 Å². The summed E-state index contributed by atoms with van der Waals surface area (Å²) in [6.45, 7) is 10.7. The second-order valence-electron chi connectivity index (χ2n) is 13.5. The number of nitriles is 1. The number of anilines is 1. The first kappa shape index (κ1) is 39.8. The first-order chi connectivity index (χ1) is 23.3. The molecule has 2 fully saturated rings. The average Bonchev–Trinajstić information content (AvgIpc) is 3.97. The second-order valence-corrected chi connectivity index (χ2v) is 13.5. The molecule has 0 spiro atoms. The van der Waals surface area contributed by atoms with E-state index >= 15 is 0 Å². The summed E-state index contributed by atoms with van der Waals surface area (Å²) < 4.78 is 54.8. The van der Waals surface area contributed by atoms with Gasteiger partial charge in [0.1, 0.15) is 12.4 Å². The number of benzene rings is 2. The topological polar surface area (TPSA) is 94.9 Å². The van der Waals surface area contributed by atoms with E-state index in [4.69, 9.17) is 9.47 Å². The lowest BCUT2D eigenvalue weighted by Crippen LogP contribution is -2.52. The van der Waals surface area contributed by atoms with Crippen molar-refractivity contribution in [3.8, 4) is 11.8 Å². The van der Waals surface area contributed by atoms with Gasteiger partial charge in [-0.25, -0.2) is 0 Å². The van der Waals surface area contributed by atoms with Crippen LogP contribution in [0.3, 0.4) is 0 Å². The number of rotatable bonds is 14. The lowest BCUT2D eigenvalue weighted by Gasteiger charge is -2.39. The Morgan fingerprint density at radius 3 is 2.37 bits per heavy atom. The number of amides is 2. The summed E-state index contributed by atoms with van der Waals surface area (Å²) >= 11 is 0. The van der Waals surface area contributed by atoms with E-state index in [0.29, 0.717) is 50.1 Å². The van der Waals surface area contributed by atoms with E-state index in [0.717, 1.165) is 19.0 Å². The van der Waals surface area contributed by atoms with Gasteiger partial charge in [-0.15, -0.1) is 0 Å². The third kappa shape index (κ3) is 11.2. The minimum absolute atomic E-state index is 0.0208. The number of piperidine rings is 1. The highest BCUT2D eigenvalue weighted by molar-refractivity contribution is 6.02. The molecule has 2 unspecified atom stereocenters. The molecule has 1 saturated heterocycles. The molecule has 2 aliphatic rings. The highest BCUT2D eigenvalue weighted by Crippen LogP contribution is 2.39. The Kier molecular flexibility index (Phi) is 14.9. The smallest absolute Gasteiger partial charge is 0.417 e. The Hall–Kier alpha value is -3.62. The number of nitrogens with zero attached hydrogens (tertiary/aromatic N) is 3. The summed E-state index contributed by atoms with van der Waals surface area (Å²) in [4.78, 5) is 31.6. The van der Waals surface area contributed by atoms with Gasteiger partial charge in [-0.2, -0.15) is 18.4 Å². The minimum Gasteiger partial charge on any atom is -0.492 e. The minimum atomic E-state index is -4.78. The Bertz CT molecular complexity index is 1430. The molecule has 1 saturated carbocycles. The zero-order valence-electron chi connectivity index (χ0n) is 29.9. The summed E-state index contributed by atoms with van der Waals surface area (Å²) in [7, 11) is 1.58. The van der Waals surface area contributed by atoms with Crippen molar-refractivity contribution in [1.29, 1.82) is 5.26 Å². The average molecular weight is 687 g/mol. The number of aryl methyl sites for hydroxylation is 1. The predicted octanol–water partition coefficient (Wildman–Crippen LogP) is 7.91. The summed E-state index contributed by atoms with van der Waals surface area (Å²) in [5.74, 6) is -0.604. The van der Waals surface area contributed by atoms with Crippen molar-refractivity contribution in [2.45, 2.75) is 104 Å². The molecule has 1 N–H and O–H groups in total. The summed E-state index contributed by atoms with van der Waals surface area (Å²) in [6, 6.07) is 10.3. The molecule has 1 aliphatic carbocycles. The Morgan fingerprint density at radius 1 is 1.10 bits per heavy atom. The van der Waals surface area contributed by atoms with Crippen molar-refractivity contribution in [3.63, 3.8) is 0 Å². The van der Waals surface area contributed by atoms with Crippen LogP contribution in [-0.2, 0) is 15.7 Å². The lowest BCUT2D eigenvalue weighted by atomic mass is 9.86. The zero-order valence-corrected chi connectivity index (χ0v) is 29.9. The molecule has 270 valence electrons.